The van der Waals surface area contributed by atoms with Gasteiger partial charge in [0.25, 0.3) is 5.91 Å². The average Bonchev–Trinajstić information content (AvgIpc) is 2.76. The van der Waals surface area contributed by atoms with Gasteiger partial charge in [-0.3, -0.25) is 10.1 Å². The molecule has 0 saturated carbocycles. The summed E-state index contributed by atoms with van der Waals surface area (Å²) in [6.07, 6.45) is 0.395. The molecular formula is C9H12N4O5. The molecule has 0 saturated heterocycles. The summed E-state index contributed by atoms with van der Waals surface area (Å²) >= 11 is 0. The number of hydrogen-bond donors (Lipinski definition) is 1. The quantitative estimate of drug-likeness (QED) is 0.711. The van der Waals surface area contributed by atoms with Gasteiger partial charge < -0.3 is 9.47 Å². The van der Waals surface area contributed by atoms with Crippen LogP contribution in [0.4, 0.5) is 4.79 Å². The number of carbonyl (C=O) groups is 3. The van der Waals surface area contributed by atoms with Crippen molar-refractivity contribution in [3.8, 4) is 0 Å². The zero-order valence-electron chi connectivity index (χ0n) is 9.87. The van der Waals surface area contributed by atoms with E-state index in [9.17, 15) is 14.4 Å². The number of rotatable bonds is 4. The summed E-state index contributed by atoms with van der Waals surface area (Å²) in [7, 11) is 1.20. The standard InChI is InChI=1S/C9H12N4O5/c1-3-18-9(16)10-7(14)5-13-4-6(11-12-13)8(15)17-2/h4H,3,5H2,1-2H3,(H,10,14,16). The van der Waals surface area contributed by atoms with Gasteiger partial charge in [-0.1, -0.05) is 5.21 Å². The molecule has 98 valence electrons. The lowest BCUT2D eigenvalue weighted by Gasteiger charge is -2.03. The highest BCUT2D eigenvalue weighted by molar-refractivity contribution is 5.91. The molecule has 0 radical (unpaired) electrons. The summed E-state index contributed by atoms with van der Waals surface area (Å²) in [5.74, 6) is -1.29. The van der Waals surface area contributed by atoms with Crippen molar-refractivity contribution in [3.05, 3.63) is 11.9 Å². The van der Waals surface area contributed by atoms with Gasteiger partial charge in [0.2, 0.25) is 0 Å². The molecular weight excluding hydrogens is 244 g/mol. The number of imide groups is 1. The molecule has 1 aromatic heterocycles. The van der Waals surface area contributed by atoms with Crippen LogP contribution in [0.5, 0.6) is 0 Å². The Kier molecular flexibility index (Phi) is 4.78. The van der Waals surface area contributed by atoms with Crippen LogP contribution in [0.2, 0.25) is 0 Å². The van der Waals surface area contributed by atoms with E-state index in [2.05, 4.69) is 19.8 Å². The van der Waals surface area contributed by atoms with Gasteiger partial charge in [-0.15, -0.1) is 5.10 Å². The molecule has 1 rings (SSSR count). The largest absolute Gasteiger partial charge is 0.464 e. The number of nitrogens with one attached hydrogen (secondary N) is 1. The zero-order chi connectivity index (χ0) is 13.5. The highest BCUT2D eigenvalue weighted by Gasteiger charge is 2.13. The van der Waals surface area contributed by atoms with Crippen molar-refractivity contribution in [3.63, 3.8) is 0 Å². The number of alkyl carbamates (subject to hydrolysis) is 1. The summed E-state index contributed by atoms with van der Waals surface area (Å²) in [4.78, 5) is 33.3. The maximum absolute atomic E-state index is 11.3. The van der Waals surface area contributed by atoms with Gasteiger partial charge in [0, 0.05) is 0 Å². The van der Waals surface area contributed by atoms with E-state index in [0.29, 0.717) is 0 Å². The lowest BCUT2D eigenvalue weighted by atomic mass is 10.5. The van der Waals surface area contributed by atoms with Gasteiger partial charge in [-0.2, -0.15) is 0 Å². The molecule has 9 nitrogen and oxygen atoms in total. The molecule has 0 aliphatic carbocycles. The molecule has 0 aromatic carbocycles. The van der Waals surface area contributed by atoms with Gasteiger partial charge >= 0.3 is 12.1 Å². The van der Waals surface area contributed by atoms with Crippen molar-refractivity contribution in [1.82, 2.24) is 20.3 Å². The van der Waals surface area contributed by atoms with Gasteiger partial charge in [-0.25, -0.2) is 14.3 Å². The first-order valence-electron chi connectivity index (χ1n) is 5.01. The number of amides is 2. The third-order valence-electron chi connectivity index (χ3n) is 1.76. The van der Waals surface area contributed by atoms with Crippen LogP contribution in [0.15, 0.2) is 6.20 Å². The molecule has 0 aliphatic heterocycles. The number of hydrogen-bond acceptors (Lipinski definition) is 7. The van der Waals surface area contributed by atoms with Gasteiger partial charge in [0.1, 0.15) is 6.54 Å². The first-order chi connectivity index (χ1) is 8.56. The molecule has 2 amide bonds. The lowest BCUT2D eigenvalue weighted by Crippen LogP contribution is -2.33. The number of carbonyl (C=O) groups excluding carboxylic acids is 3. The zero-order valence-corrected chi connectivity index (χ0v) is 9.87. The van der Waals surface area contributed by atoms with Crippen molar-refractivity contribution in [1.29, 1.82) is 0 Å². The van der Waals surface area contributed by atoms with Crippen LogP contribution in [0.3, 0.4) is 0 Å². The summed E-state index contributed by atoms with van der Waals surface area (Å²) in [5.41, 5.74) is -0.0264. The van der Waals surface area contributed by atoms with Crippen molar-refractivity contribution in [2.75, 3.05) is 13.7 Å². The number of aromatic nitrogens is 3. The van der Waals surface area contributed by atoms with Gasteiger partial charge in [0.05, 0.1) is 19.9 Å². The average molecular weight is 256 g/mol. The number of methoxy groups -OCH3 is 1. The summed E-state index contributed by atoms with van der Waals surface area (Å²) < 4.78 is 10.0. The maximum Gasteiger partial charge on any atom is 0.413 e. The highest BCUT2D eigenvalue weighted by atomic mass is 16.5. The Morgan fingerprint density at radius 1 is 1.44 bits per heavy atom. The van der Waals surface area contributed by atoms with Gasteiger partial charge in [0.15, 0.2) is 5.69 Å². The van der Waals surface area contributed by atoms with Crippen molar-refractivity contribution >= 4 is 18.0 Å². The third kappa shape index (κ3) is 3.85. The molecule has 9 heteroatoms. The van der Waals surface area contributed by atoms with Crippen LogP contribution in [0.25, 0.3) is 0 Å². The maximum atomic E-state index is 11.3. The van der Waals surface area contributed by atoms with E-state index >= 15 is 0 Å². The SMILES string of the molecule is CCOC(=O)NC(=O)Cn1cc(C(=O)OC)nn1. The Labute approximate surface area is 102 Å². The van der Waals surface area contributed by atoms with E-state index in [1.807, 2.05) is 5.32 Å². The van der Waals surface area contributed by atoms with Crippen LogP contribution in [-0.2, 0) is 20.8 Å². The predicted molar refractivity (Wildman–Crippen MR) is 56.5 cm³/mol. The van der Waals surface area contributed by atoms with E-state index in [-0.39, 0.29) is 18.8 Å². The molecule has 0 spiro atoms. The fraction of sp³-hybridized carbons (Fsp3) is 0.444. The summed E-state index contributed by atoms with van der Waals surface area (Å²) in [6, 6.07) is 0. The Morgan fingerprint density at radius 2 is 2.17 bits per heavy atom. The molecule has 1 N–H and O–H groups in total. The minimum absolute atomic E-state index is 0.0264. The molecule has 0 bridgehead atoms. The van der Waals surface area contributed by atoms with Crippen molar-refractivity contribution < 1.29 is 23.9 Å². The van der Waals surface area contributed by atoms with Crippen LogP contribution in [0.1, 0.15) is 17.4 Å². The first kappa shape index (κ1) is 13.6. The summed E-state index contributed by atoms with van der Waals surface area (Å²) in [5, 5.41) is 9.01. The highest BCUT2D eigenvalue weighted by Crippen LogP contribution is 1.95. The van der Waals surface area contributed by atoms with Crippen LogP contribution in [0, 0.1) is 0 Å². The number of esters is 1. The van der Waals surface area contributed by atoms with Crippen molar-refractivity contribution in [2.24, 2.45) is 0 Å². The molecule has 18 heavy (non-hydrogen) atoms. The minimum Gasteiger partial charge on any atom is -0.464 e. The second-order valence-corrected chi connectivity index (χ2v) is 3.06. The monoisotopic (exact) mass is 256 g/mol. The molecule has 0 unspecified atom stereocenters. The lowest BCUT2D eigenvalue weighted by molar-refractivity contribution is -0.121. The first-order valence-corrected chi connectivity index (χ1v) is 5.01. The number of nitrogens with zero attached hydrogens (tertiary/aromatic N) is 3. The molecule has 0 fully saturated rings. The van der Waals surface area contributed by atoms with Gasteiger partial charge in [-0.05, 0) is 6.92 Å². The predicted octanol–water partition coefficient (Wildman–Crippen LogP) is -0.663. The normalized spacial score (nSPS) is 9.67. The Bertz CT molecular complexity index is 456. The van der Waals surface area contributed by atoms with Crippen molar-refractivity contribution in [2.45, 2.75) is 13.5 Å². The van der Waals surface area contributed by atoms with E-state index in [0.717, 1.165) is 4.68 Å². The minimum atomic E-state index is -0.837. The number of ether oxygens (including phenoxy) is 2. The Morgan fingerprint density at radius 3 is 2.78 bits per heavy atom. The van der Waals surface area contributed by atoms with E-state index in [1.165, 1.54) is 13.3 Å². The van der Waals surface area contributed by atoms with Crippen LogP contribution < -0.4 is 5.32 Å². The molecule has 1 aromatic rings. The van der Waals surface area contributed by atoms with E-state index < -0.39 is 18.0 Å². The fourth-order valence-corrected chi connectivity index (χ4v) is 1.04. The third-order valence-corrected chi connectivity index (χ3v) is 1.76. The van der Waals surface area contributed by atoms with Crippen LogP contribution in [-0.4, -0.2) is 46.7 Å². The Hall–Kier alpha value is -2.45. The molecule has 1 heterocycles. The summed E-state index contributed by atoms with van der Waals surface area (Å²) in [6.45, 7) is 1.52. The smallest absolute Gasteiger partial charge is 0.413 e. The fourth-order valence-electron chi connectivity index (χ4n) is 1.04. The second-order valence-electron chi connectivity index (χ2n) is 3.06. The Balaban J connectivity index is 2.52. The molecule has 0 atom stereocenters. The van der Waals surface area contributed by atoms with E-state index in [4.69, 9.17) is 0 Å². The molecule has 0 aliphatic rings. The topological polar surface area (TPSA) is 112 Å². The second kappa shape index (κ2) is 6.33. The van der Waals surface area contributed by atoms with E-state index in [1.54, 1.807) is 6.92 Å². The van der Waals surface area contributed by atoms with Crippen LogP contribution >= 0.6 is 0 Å².